The van der Waals surface area contributed by atoms with E-state index in [4.69, 9.17) is 0 Å². The number of halogens is 21. The van der Waals surface area contributed by atoms with E-state index in [1.165, 1.54) is 16.3 Å². The zero-order valence-electron chi connectivity index (χ0n) is 30.0. The molecule has 0 aliphatic heterocycles. The zero-order chi connectivity index (χ0) is 46.7. The van der Waals surface area contributed by atoms with E-state index in [2.05, 4.69) is 87.5 Å². The lowest BCUT2D eigenvalue weighted by molar-refractivity contribution is -0.687. The van der Waals surface area contributed by atoms with Gasteiger partial charge in [-0.2, -0.15) is 0 Å². The summed E-state index contributed by atoms with van der Waals surface area (Å²) in [7, 11) is 0. The molecule has 7 rings (SSSR count). The fourth-order valence-electron chi connectivity index (χ4n) is 6.95. The van der Waals surface area contributed by atoms with Gasteiger partial charge >= 0.3 is 0 Å². The van der Waals surface area contributed by atoms with Gasteiger partial charge in [0, 0.05) is 21.5 Å². The van der Waals surface area contributed by atoms with E-state index >= 15 is 35.1 Å². The first-order chi connectivity index (χ1) is 29.5. The van der Waals surface area contributed by atoms with Gasteiger partial charge in [-0.3, -0.25) is 0 Å². The Bertz CT molecular complexity index is 2620. The summed E-state index contributed by atoms with van der Waals surface area (Å²) in [5.41, 5.74) is -13.0. The minimum atomic E-state index is -7.22. The highest BCUT2D eigenvalue weighted by Gasteiger charge is 2.52. The Morgan fingerprint density at radius 2 is 0.603 bits per heavy atom. The molecule has 1 nitrogen and oxygen atoms in total. The smallest absolute Gasteiger partial charge is 0.200 e. The van der Waals surface area contributed by atoms with Crippen LogP contribution in [0.5, 0.6) is 0 Å². The van der Waals surface area contributed by atoms with E-state index in [0.717, 1.165) is 11.0 Å². The van der Waals surface area contributed by atoms with Crippen molar-refractivity contribution in [3.05, 3.63) is 193 Å². The molecular weight excluding hydrogens is 965 g/mol. The van der Waals surface area contributed by atoms with Gasteiger partial charge < -0.3 is 0 Å². The molecule has 0 N–H and O–H groups in total. The molecule has 0 aliphatic rings. The van der Waals surface area contributed by atoms with Gasteiger partial charge in [0.1, 0.15) is 52.7 Å². The molecule has 7 aromatic rings. The number of pyridine rings is 1. The molecule has 0 aliphatic carbocycles. The summed E-state index contributed by atoms with van der Waals surface area (Å²) in [6.07, 6.45) is -2.90. The van der Waals surface area contributed by atoms with Crippen molar-refractivity contribution in [2.24, 2.45) is 0 Å². The van der Waals surface area contributed by atoms with Crippen LogP contribution in [0.15, 0.2) is 71.5 Å². The van der Waals surface area contributed by atoms with E-state index < -0.39 is 144 Å². The van der Waals surface area contributed by atoms with Crippen molar-refractivity contribution in [1.82, 2.24) is 0 Å². The maximum Gasteiger partial charge on any atom is 0.200 e. The number of benzene rings is 6. The van der Waals surface area contributed by atoms with Gasteiger partial charge in [0.2, 0.25) is 0 Å². The highest BCUT2D eigenvalue weighted by Crippen LogP contribution is 2.31. The summed E-state index contributed by atoms with van der Waals surface area (Å²) in [6, 6.07) is 19.0. The Morgan fingerprint density at radius 1 is 0.333 bits per heavy atom. The molecule has 0 fully saturated rings. The lowest BCUT2D eigenvalue weighted by Crippen LogP contribution is -2.81. The van der Waals surface area contributed by atoms with Gasteiger partial charge in [0.05, 0.1) is 0 Å². The quantitative estimate of drug-likeness (QED) is 0.0514. The molecule has 0 saturated heterocycles. The summed E-state index contributed by atoms with van der Waals surface area (Å²) in [5, 5.41) is 2.56. The van der Waals surface area contributed by atoms with Crippen LogP contribution < -0.4 is 26.4 Å². The van der Waals surface area contributed by atoms with Gasteiger partial charge in [0.25, 0.3) is 0 Å². The molecule has 1 aromatic heterocycles. The second-order valence-electron chi connectivity index (χ2n) is 13.2. The lowest BCUT2D eigenvalue weighted by atomic mass is 9.12. The van der Waals surface area contributed by atoms with Crippen LogP contribution in [0.2, 0.25) is 0 Å². The number of nitrogens with zero attached hydrogens (tertiary/aromatic N) is 1. The van der Waals surface area contributed by atoms with Gasteiger partial charge in [-0.25, -0.2) is 92.4 Å². The number of hydrogen-bond acceptors (Lipinski definition) is 0. The van der Waals surface area contributed by atoms with Crippen LogP contribution in [0.1, 0.15) is 5.56 Å². The van der Waals surface area contributed by atoms with Crippen LogP contribution in [-0.4, -0.2) is 6.15 Å². The second kappa shape index (κ2) is 17.2. The maximum absolute atomic E-state index is 15.4. The molecule has 23 heteroatoms. The minimum absolute atomic E-state index is 0.901. The Balaban J connectivity index is 0.000000302. The van der Waals surface area contributed by atoms with Gasteiger partial charge in [-0.05, 0) is 23.6 Å². The largest absolute Gasteiger partial charge is 0.207 e. The summed E-state index contributed by atoms with van der Waals surface area (Å²) < 4.78 is 297. The normalized spacial score (nSPS) is 11.6. The third-order valence-corrected chi connectivity index (χ3v) is 10.3. The molecule has 0 bridgehead atoms. The minimum Gasteiger partial charge on any atom is -0.207 e. The van der Waals surface area contributed by atoms with Crippen molar-refractivity contribution in [3.63, 3.8) is 0 Å². The first kappa shape index (κ1) is 46.4. The Kier molecular flexibility index (Phi) is 12.7. The van der Waals surface area contributed by atoms with E-state index in [0.29, 0.717) is 0 Å². The molecule has 0 saturated carbocycles. The highest BCUT2D eigenvalue weighted by atomic mass is 79.9. The third-order valence-electron chi connectivity index (χ3n) is 9.73. The fraction of sp³-hybridized carbons (Fsp3) is 0.0250. The lowest BCUT2D eigenvalue weighted by Gasteiger charge is -2.44. The van der Waals surface area contributed by atoms with Crippen LogP contribution in [-0.2, 0) is 6.54 Å². The summed E-state index contributed by atoms with van der Waals surface area (Å²) in [5.74, 6) is -71.4. The molecule has 0 unspecified atom stereocenters. The van der Waals surface area contributed by atoms with E-state index in [1.54, 1.807) is 0 Å². The van der Waals surface area contributed by atoms with Crippen LogP contribution >= 0.6 is 15.9 Å². The van der Waals surface area contributed by atoms with Gasteiger partial charge in [0.15, 0.2) is 88.7 Å². The fourth-order valence-corrected chi connectivity index (χ4v) is 7.22. The van der Waals surface area contributed by atoms with Gasteiger partial charge in [-0.15, -0.1) is 21.9 Å². The summed E-state index contributed by atoms with van der Waals surface area (Å²) in [4.78, 5) is 0. The van der Waals surface area contributed by atoms with Crippen LogP contribution in [0, 0.1) is 116 Å². The number of rotatable bonds is 6. The molecular formula is C40H13BBrF20N. The molecule has 1 heterocycles. The topological polar surface area (TPSA) is 3.88 Å². The van der Waals surface area contributed by atoms with Crippen LogP contribution in [0.3, 0.4) is 0 Å². The first-order valence-corrected chi connectivity index (χ1v) is 17.7. The Morgan fingerprint density at radius 3 is 0.905 bits per heavy atom. The maximum atomic E-state index is 15.4. The number of hydrogen-bond donors (Lipinski definition) is 0. The molecule has 0 atom stereocenters. The average molecular weight is 978 g/mol. The van der Waals surface area contributed by atoms with Crippen LogP contribution in [0.25, 0.3) is 10.8 Å². The molecule has 0 radical (unpaired) electrons. The van der Waals surface area contributed by atoms with Crippen molar-refractivity contribution in [1.29, 1.82) is 0 Å². The standard InChI is InChI=1S/C24BF20.C16H13BrN/c26-5-1(6(27)14(35)21(42)13(5)34)25(2-7(28)15(36)22(43)16(37)8(2)29,3-9(30)17(38)23(44)18(39)10(3)31)4-11(32)19(40)24(45)20(41)12(4)33;17-16-7-5-13(6-8-16)11-18-10-9-14-3-1-2-4-15(14)12-18/h;1-10,12H,11H2/q-1;+1. The zero-order valence-corrected chi connectivity index (χ0v) is 31.6. The van der Waals surface area contributed by atoms with Crippen molar-refractivity contribution in [2.45, 2.75) is 6.54 Å². The second-order valence-corrected chi connectivity index (χ2v) is 14.1. The predicted octanol–water partition coefficient (Wildman–Crippen LogP) is 9.78. The monoisotopic (exact) mass is 977 g/mol. The van der Waals surface area contributed by atoms with Crippen molar-refractivity contribution in [3.8, 4) is 0 Å². The molecule has 6 aromatic carbocycles. The van der Waals surface area contributed by atoms with Crippen LogP contribution in [0.4, 0.5) is 87.8 Å². The number of fused-ring (bicyclic) bond motifs is 1. The Labute approximate surface area is 346 Å². The van der Waals surface area contributed by atoms with Gasteiger partial charge in [-0.1, -0.05) is 46.3 Å². The van der Waals surface area contributed by atoms with E-state index in [1.807, 2.05) is 0 Å². The SMILES string of the molecule is Brc1ccc(C[n+]2ccc3ccccc3c2)cc1.Fc1c(F)c(F)c([B-](c2c(F)c(F)c(F)c(F)c2F)(c2c(F)c(F)c(F)c(F)c2F)c2c(F)c(F)c(F)c(F)c2F)c(F)c1F. The Hall–Kier alpha value is -6.13. The molecule has 328 valence electrons. The van der Waals surface area contributed by atoms with Crippen molar-refractivity contribution in [2.75, 3.05) is 0 Å². The molecule has 63 heavy (non-hydrogen) atoms. The van der Waals surface area contributed by atoms with Crippen molar-refractivity contribution >= 4 is 54.7 Å². The third kappa shape index (κ3) is 7.42. The molecule has 0 amide bonds. The molecule has 0 spiro atoms. The highest BCUT2D eigenvalue weighted by molar-refractivity contribution is 9.10. The van der Waals surface area contributed by atoms with E-state index in [-0.39, 0.29) is 0 Å². The summed E-state index contributed by atoms with van der Waals surface area (Å²) in [6.45, 7) is 0.901. The van der Waals surface area contributed by atoms with Crippen molar-refractivity contribution < 1.29 is 92.4 Å². The average Bonchev–Trinajstić information content (AvgIpc) is 3.27. The first-order valence-electron chi connectivity index (χ1n) is 16.9. The summed E-state index contributed by atoms with van der Waals surface area (Å²) >= 11 is 3.46. The number of aromatic nitrogens is 1. The van der Waals surface area contributed by atoms with E-state index in [9.17, 15) is 52.7 Å². The predicted molar refractivity (Wildman–Crippen MR) is 187 cm³/mol.